The molecule has 0 aliphatic heterocycles. The zero-order valence-electron chi connectivity index (χ0n) is 7.98. The Hall–Kier alpha value is -1.44. The molecule has 0 unspecified atom stereocenters. The third kappa shape index (κ3) is 2.06. The minimum atomic E-state index is 0.331. The third-order valence-corrected chi connectivity index (χ3v) is 3.11. The zero-order valence-corrected chi connectivity index (χ0v) is 10.3. The van der Waals surface area contributed by atoms with Gasteiger partial charge in [-0.15, -0.1) is 0 Å². The summed E-state index contributed by atoms with van der Waals surface area (Å²) < 4.78 is 0.610. The maximum atomic E-state index is 9.02. The van der Waals surface area contributed by atoms with Crippen LogP contribution in [0.5, 0.6) is 0 Å². The van der Waals surface area contributed by atoms with Crippen molar-refractivity contribution in [3.8, 4) is 17.3 Å². The minimum absolute atomic E-state index is 0.331. The molecule has 0 atom stereocenters. The molecule has 0 aliphatic rings. The maximum Gasteiger partial charge on any atom is 0.144 e. The summed E-state index contributed by atoms with van der Waals surface area (Å²) in [5, 5.41) is 9.35. The Morgan fingerprint density at radius 1 is 1.44 bits per heavy atom. The Morgan fingerprint density at radius 2 is 2.25 bits per heavy atom. The zero-order chi connectivity index (χ0) is 11.5. The number of aromatic nitrogens is 2. The van der Waals surface area contributed by atoms with Gasteiger partial charge >= 0.3 is 0 Å². The monoisotopic (exact) mass is 293 g/mol. The van der Waals surface area contributed by atoms with Gasteiger partial charge in [0, 0.05) is 18.0 Å². The van der Waals surface area contributed by atoms with E-state index in [0.717, 1.165) is 5.56 Å². The van der Waals surface area contributed by atoms with Crippen LogP contribution in [0.4, 0.5) is 0 Å². The molecule has 0 radical (unpaired) electrons. The molecule has 2 heterocycles. The molecule has 0 fully saturated rings. The van der Waals surface area contributed by atoms with Gasteiger partial charge in [0.05, 0.1) is 15.7 Å². The van der Waals surface area contributed by atoms with E-state index in [9.17, 15) is 0 Å². The van der Waals surface area contributed by atoms with E-state index in [1.54, 1.807) is 24.5 Å². The molecular weight excluding hydrogens is 289 g/mol. The van der Waals surface area contributed by atoms with Crippen molar-refractivity contribution in [2.75, 3.05) is 0 Å². The van der Waals surface area contributed by atoms with Crippen molar-refractivity contribution < 1.29 is 0 Å². The van der Waals surface area contributed by atoms with E-state index in [1.165, 1.54) is 0 Å². The first-order chi connectivity index (χ1) is 7.72. The van der Waals surface area contributed by atoms with Crippen LogP contribution < -0.4 is 0 Å². The van der Waals surface area contributed by atoms with Crippen molar-refractivity contribution in [2.45, 2.75) is 0 Å². The molecule has 0 amide bonds. The summed E-state index contributed by atoms with van der Waals surface area (Å²) in [4.78, 5) is 8.15. The fourth-order valence-corrected chi connectivity index (χ4v) is 1.73. The highest BCUT2D eigenvalue weighted by Crippen LogP contribution is 2.28. The Morgan fingerprint density at radius 3 is 2.88 bits per heavy atom. The van der Waals surface area contributed by atoms with Gasteiger partial charge in [0.1, 0.15) is 11.2 Å². The van der Waals surface area contributed by atoms with Gasteiger partial charge in [0.2, 0.25) is 0 Å². The van der Waals surface area contributed by atoms with Crippen molar-refractivity contribution in [1.82, 2.24) is 9.97 Å². The summed E-state index contributed by atoms with van der Waals surface area (Å²) in [5.74, 6) is 0. The van der Waals surface area contributed by atoms with Crippen LogP contribution in [-0.2, 0) is 0 Å². The van der Waals surface area contributed by atoms with Gasteiger partial charge in [-0.25, -0.2) is 4.98 Å². The third-order valence-electron chi connectivity index (χ3n) is 1.99. The molecule has 78 valence electrons. The molecule has 0 N–H and O–H groups in total. The van der Waals surface area contributed by atoms with E-state index < -0.39 is 0 Å². The van der Waals surface area contributed by atoms with Crippen molar-refractivity contribution in [3.63, 3.8) is 0 Å². The van der Waals surface area contributed by atoms with Gasteiger partial charge in [-0.1, -0.05) is 11.6 Å². The summed E-state index contributed by atoms with van der Waals surface area (Å²) in [6, 6.07) is 7.35. The van der Waals surface area contributed by atoms with E-state index in [-0.39, 0.29) is 0 Å². The number of nitriles is 1. The average molecular weight is 295 g/mol. The van der Waals surface area contributed by atoms with Crippen LogP contribution in [0.3, 0.4) is 0 Å². The van der Waals surface area contributed by atoms with E-state index in [1.807, 2.05) is 6.07 Å². The van der Waals surface area contributed by atoms with E-state index in [2.05, 4.69) is 32.0 Å². The maximum absolute atomic E-state index is 9.02. The molecule has 0 saturated carbocycles. The highest BCUT2D eigenvalue weighted by atomic mass is 79.9. The molecular formula is C11H5BrClN3. The van der Waals surface area contributed by atoms with Gasteiger partial charge in [-0.05, 0) is 34.1 Å². The lowest BCUT2D eigenvalue weighted by Gasteiger charge is -2.04. The van der Waals surface area contributed by atoms with E-state index >= 15 is 0 Å². The fraction of sp³-hybridized carbons (Fsp3) is 0. The molecule has 0 aromatic carbocycles. The summed E-state index contributed by atoms with van der Waals surface area (Å²) in [7, 11) is 0. The quantitative estimate of drug-likeness (QED) is 0.757. The molecule has 0 bridgehead atoms. The first-order valence-corrected chi connectivity index (χ1v) is 5.56. The number of pyridine rings is 2. The SMILES string of the molecule is N#Cc1cc(Br)c(Cl)nc1-c1cccnc1. The van der Waals surface area contributed by atoms with Gasteiger partial charge in [0.25, 0.3) is 0 Å². The van der Waals surface area contributed by atoms with E-state index in [0.29, 0.717) is 20.9 Å². The molecule has 2 aromatic rings. The Kier molecular flexibility index (Phi) is 3.18. The predicted molar refractivity (Wildman–Crippen MR) is 64.9 cm³/mol. The minimum Gasteiger partial charge on any atom is -0.264 e. The topological polar surface area (TPSA) is 49.6 Å². The van der Waals surface area contributed by atoms with Gasteiger partial charge in [-0.3, -0.25) is 4.98 Å². The second-order valence-corrected chi connectivity index (χ2v) is 4.22. The average Bonchev–Trinajstić information content (AvgIpc) is 2.33. The summed E-state index contributed by atoms with van der Waals surface area (Å²) in [6.45, 7) is 0. The standard InChI is InChI=1S/C11H5BrClN3/c12-9-4-8(5-14)10(16-11(9)13)7-2-1-3-15-6-7/h1-4,6H. The molecule has 0 aliphatic carbocycles. The number of rotatable bonds is 1. The van der Waals surface area contributed by atoms with Crippen molar-refractivity contribution >= 4 is 27.5 Å². The lowest BCUT2D eigenvalue weighted by atomic mass is 10.1. The first-order valence-electron chi connectivity index (χ1n) is 4.39. The number of nitrogens with zero attached hydrogens (tertiary/aromatic N) is 3. The Labute approximate surface area is 106 Å². The smallest absolute Gasteiger partial charge is 0.144 e. The van der Waals surface area contributed by atoms with Crippen LogP contribution in [0.25, 0.3) is 11.3 Å². The number of halogens is 2. The molecule has 5 heteroatoms. The van der Waals surface area contributed by atoms with Crippen molar-refractivity contribution in [2.24, 2.45) is 0 Å². The molecule has 16 heavy (non-hydrogen) atoms. The van der Waals surface area contributed by atoms with E-state index in [4.69, 9.17) is 16.9 Å². The second kappa shape index (κ2) is 4.60. The van der Waals surface area contributed by atoms with Gasteiger partial charge in [0.15, 0.2) is 0 Å². The lowest BCUT2D eigenvalue weighted by Crippen LogP contribution is -1.91. The van der Waals surface area contributed by atoms with Crippen molar-refractivity contribution in [1.29, 1.82) is 5.26 Å². The van der Waals surface area contributed by atoms with Crippen LogP contribution in [0, 0.1) is 11.3 Å². The number of hydrogen-bond acceptors (Lipinski definition) is 3. The summed E-state index contributed by atoms with van der Waals surface area (Å²) >= 11 is 9.14. The lowest BCUT2D eigenvalue weighted by molar-refractivity contribution is 1.25. The van der Waals surface area contributed by atoms with Crippen LogP contribution in [-0.4, -0.2) is 9.97 Å². The molecule has 0 saturated heterocycles. The number of hydrogen-bond donors (Lipinski definition) is 0. The van der Waals surface area contributed by atoms with Crippen LogP contribution >= 0.6 is 27.5 Å². The van der Waals surface area contributed by atoms with Gasteiger partial charge < -0.3 is 0 Å². The normalized spacial score (nSPS) is 9.81. The summed E-state index contributed by atoms with van der Waals surface area (Å²) in [6.07, 6.45) is 3.31. The fourth-order valence-electron chi connectivity index (χ4n) is 1.27. The molecule has 2 aromatic heterocycles. The van der Waals surface area contributed by atoms with Gasteiger partial charge in [-0.2, -0.15) is 5.26 Å². The Balaban J connectivity index is 2.66. The predicted octanol–water partition coefficient (Wildman–Crippen LogP) is 3.43. The van der Waals surface area contributed by atoms with Crippen LogP contribution in [0.1, 0.15) is 5.56 Å². The second-order valence-electron chi connectivity index (χ2n) is 3.01. The first kappa shape index (κ1) is 11.1. The molecule has 0 spiro atoms. The highest BCUT2D eigenvalue weighted by Gasteiger charge is 2.10. The summed E-state index contributed by atoms with van der Waals surface area (Å²) in [5.41, 5.74) is 1.78. The highest BCUT2D eigenvalue weighted by molar-refractivity contribution is 9.10. The largest absolute Gasteiger partial charge is 0.264 e. The van der Waals surface area contributed by atoms with Crippen LogP contribution in [0.15, 0.2) is 35.1 Å². The van der Waals surface area contributed by atoms with Crippen molar-refractivity contribution in [3.05, 3.63) is 45.8 Å². The Bertz CT molecular complexity index is 563. The molecule has 2 rings (SSSR count). The van der Waals surface area contributed by atoms with Crippen LogP contribution in [0.2, 0.25) is 5.15 Å². The molecule has 3 nitrogen and oxygen atoms in total.